The number of carbonyl (C=O) groups is 2. The zero-order valence-electron chi connectivity index (χ0n) is 13.1. The SMILES string of the molecule is CC1([Se]c2ccccc2)CCCN(C(=O)c2ccccc2)C1=O. The van der Waals surface area contributed by atoms with E-state index in [-0.39, 0.29) is 26.8 Å². The summed E-state index contributed by atoms with van der Waals surface area (Å²) in [5.41, 5.74) is 0.581. The van der Waals surface area contributed by atoms with E-state index in [2.05, 4.69) is 12.1 Å². The molecule has 0 aromatic heterocycles. The van der Waals surface area contributed by atoms with Crippen LogP contribution in [0.25, 0.3) is 0 Å². The van der Waals surface area contributed by atoms with Crippen LogP contribution in [0.15, 0.2) is 60.7 Å². The van der Waals surface area contributed by atoms with Gasteiger partial charge in [0.05, 0.1) is 0 Å². The first-order valence-corrected chi connectivity index (χ1v) is 9.47. The van der Waals surface area contributed by atoms with Gasteiger partial charge in [-0.05, 0) is 0 Å². The van der Waals surface area contributed by atoms with Gasteiger partial charge in [-0.3, -0.25) is 0 Å². The van der Waals surface area contributed by atoms with Crippen LogP contribution < -0.4 is 4.46 Å². The number of likely N-dealkylation sites (tertiary alicyclic amines) is 1. The molecular weight excluding hydrogens is 353 g/mol. The summed E-state index contributed by atoms with van der Waals surface area (Å²) in [6.07, 6.45) is 1.72. The van der Waals surface area contributed by atoms with Gasteiger partial charge in [-0.25, -0.2) is 0 Å². The molecule has 0 saturated carbocycles. The van der Waals surface area contributed by atoms with Gasteiger partial charge in [0.25, 0.3) is 0 Å². The van der Waals surface area contributed by atoms with Gasteiger partial charge < -0.3 is 0 Å². The zero-order valence-corrected chi connectivity index (χ0v) is 14.8. The number of piperidine rings is 1. The number of nitrogens with zero attached hydrogens (tertiary/aromatic N) is 1. The van der Waals surface area contributed by atoms with Crippen molar-refractivity contribution in [2.45, 2.75) is 24.1 Å². The van der Waals surface area contributed by atoms with Gasteiger partial charge >= 0.3 is 143 Å². The van der Waals surface area contributed by atoms with Crippen LogP contribution in [0.3, 0.4) is 0 Å². The molecule has 1 saturated heterocycles. The minimum absolute atomic E-state index is 0.0149. The van der Waals surface area contributed by atoms with Crippen molar-refractivity contribution < 1.29 is 9.59 Å². The Hall–Kier alpha value is -1.90. The third-order valence-electron chi connectivity index (χ3n) is 4.09. The molecule has 1 atom stereocenters. The number of rotatable bonds is 3. The average Bonchev–Trinajstić information content (AvgIpc) is 2.58. The van der Waals surface area contributed by atoms with Gasteiger partial charge in [-0.2, -0.15) is 0 Å². The first-order valence-electron chi connectivity index (χ1n) is 7.75. The molecule has 0 radical (unpaired) electrons. The van der Waals surface area contributed by atoms with E-state index in [0.29, 0.717) is 12.1 Å². The van der Waals surface area contributed by atoms with Crippen LogP contribution in [0.4, 0.5) is 0 Å². The summed E-state index contributed by atoms with van der Waals surface area (Å²) in [4.78, 5) is 27.1. The monoisotopic (exact) mass is 373 g/mol. The molecule has 2 amide bonds. The van der Waals surface area contributed by atoms with Gasteiger partial charge in [0, 0.05) is 0 Å². The average molecular weight is 372 g/mol. The van der Waals surface area contributed by atoms with Gasteiger partial charge in [0.15, 0.2) is 0 Å². The molecule has 2 aromatic rings. The Labute approximate surface area is 142 Å². The van der Waals surface area contributed by atoms with E-state index in [0.717, 1.165) is 12.8 Å². The summed E-state index contributed by atoms with van der Waals surface area (Å²) in [6, 6.07) is 19.2. The van der Waals surface area contributed by atoms with Gasteiger partial charge in [-0.15, -0.1) is 0 Å². The topological polar surface area (TPSA) is 37.4 Å². The Kier molecular flexibility index (Phi) is 4.65. The van der Waals surface area contributed by atoms with E-state index in [4.69, 9.17) is 0 Å². The van der Waals surface area contributed by atoms with Crippen molar-refractivity contribution >= 4 is 31.2 Å². The molecule has 1 heterocycles. The molecule has 0 N–H and O–H groups in total. The molecule has 0 spiro atoms. The van der Waals surface area contributed by atoms with Crippen molar-refractivity contribution in [1.82, 2.24) is 4.90 Å². The molecule has 4 heteroatoms. The van der Waals surface area contributed by atoms with Crippen LogP contribution >= 0.6 is 0 Å². The predicted molar refractivity (Wildman–Crippen MR) is 91.9 cm³/mol. The number of amides is 2. The molecule has 0 bridgehead atoms. The number of benzene rings is 2. The van der Waals surface area contributed by atoms with E-state index in [9.17, 15) is 9.59 Å². The van der Waals surface area contributed by atoms with Crippen LogP contribution in [0, 0.1) is 0 Å². The fourth-order valence-corrected chi connectivity index (χ4v) is 5.48. The van der Waals surface area contributed by atoms with Crippen LogP contribution in [0.5, 0.6) is 0 Å². The summed E-state index contributed by atoms with van der Waals surface area (Å²) in [6.45, 7) is 2.53. The van der Waals surface area contributed by atoms with Crippen LogP contribution in [-0.2, 0) is 4.79 Å². The Morgan fingerprint density at radius 3 is 2.30 bits per heavy atom. The van der Waals surface area contributed by atoms with Crippen molar-refractivity contribution in [1.29, 1.82) is 0 Å². The molecule has 3 rings (SSSR count). The number of carbonyl (C=O) groups excluding carboxylic acids is 2. The second-order valence-corrected chi connectivity index (χ2v) is 9.19. The summed E-state index contributed by atoms with van der Waals surface area (Å²) in [5, 5.41) is 0. The second kappa shape index (κ2) is 6.69. The van der Waals surface area contributed by atoms with Crippen LogP contribution in [-0.4, -0.2) is 38.2 Å². The van der Waals surface area contributed by atoms with Gasteiger partial charge in [0.2, 0.25) is 0 Å². The van der Waals surface area contributed by atoms with E-state index in [1.165, 1.54) is 9.36 Å². The Morgan fingerprint density at radius 2 is 1.65 bits per heavy atom. The second-order valence-electron chi connectivity index (χ2n) is 5.88. The van der Waals surface area contributed by atoms with Crippen molar-refractivity contribution in [3.05, 3.63) is 66.2 Å². The standard InChI is InChI=1S/C19H19NO2Se/c1-19(23-16-11-6-3-7-12-16)13-8-14-20(18(19)22)17(21)15-9-4-2-5-10-15/h2-7,9-12H,8,13-14H2,1H3. The van der Waals surface area contributed by atoms with E-state index in [1.807, 2.05) is 43.3 Å². The molecule has 1 unspecified atom stereocenters. The van der Waals surface area contributed by atoms with Crippen LogP contribution in [0.1, 0.15) is 30.1 Å². The third-order valence-corrected chi connectivity index (χ3v) is 6.89. The fraction of sp³-hybridized carbons (Fsp3) is 0.263. The molecule has 1 aliphatic heterocycles. The number of imide groups is 1. The van der Waals surface area contributed by atoms with Crippen LogP contribution in [0.2, 0.25) is 4.31 Å². The molecular formula is C19H19NO2Se. The first kappa shape index (κ1) is 16.0. The maximum absolute atomic E-state index is 13.0. The molecule has 1 aliphatic rings. The Morgan fingerprint density at radius 1 is 1.04 bits per heavy atom. The van der Waals surface area contributed by atoms with E-state index < -0.39 is 4.31 Å². The fourth-order valence-electron chi connectivity index (χ4n) is 2.84. The molecule has 1 fully saturated rings. The Balaban J connectivity index is 1.82. The first-order chi connectivity index (χ1) is 11.1. The summed E-state index contributed by atoms with van der Waals surface area (Å²) >= 11 is 0.0149. The van der Waals surface area contributed by atoms with Gasteiger partial charge in [0.1, 0.15) is 0 Å². The molecule has 23 heavy (non-hydrogen) atoms. The quantitative estimate of drug-likeness (QED) is 0.614. The molecule has 0 aliphatic carbocycles. The van der Waals surface area contributed by atoms with Crippen molar-refractivity contribution in [3.8, 4) is 0 Å². The minimum atomic E-state index is -0.447. The summed E-state index contributed by atoms with van der Waals surface area (Å²) in [7, 11) is 0. The van der Waals surface area contributed by atoms with Gasteiger partial charge in [-0.1, -0.05) is 0 Å². The van der Waals surface area contributed by atoms with Crippen molar-refractivity contribution in [2.24, 2.45) is 0 Å². The van der Waals surface area contributed by atoms with E-state index >= 15 is 0 Å². The predicted octanol–water partition coefficient (Wildman–Crippen LogP) is 2.66. The third kappa shape index (κ3) is 3.39. The molecule has 2 aromatic carbocycles. The number of hydrogen-bond donors (Lipinski definition) is 0. The molecule has 3 nitrogen and oxygen atoms in total. The summed E-state index contributed by atoms with van der Waals surface area (Å²) in [5.74, 6) is -0.202. The Bertz CT molecular complexity index is 702. The van der Waals surface area contributed by atoms with E-state index in [1.54, 1.807) is 12.1 Å². The normalized spacial score (nSPS) is 21.3. The molecule has 118 valence electrons. The van der Waals surface area contributed by atoms with Crippen molar-refractivity contribution in [2.75, 3.05) is 6.54 Å². The maximum atomic E-state index is 13.0. The number of hydrogen-bond acceptors (Lipinski definition) is 2. The summed E-state index contributed by atoms with van der Waals surface area (Å²) < 4.78 is 0.752. The van der Waals surface area contributed by atoms with Crippen molar-refractivity contribution in [3.63, 3.8) is 0 Å². The zero-order chi connectivity index (χ0) is 16.3.